The van der Waals surface area contributed by atoms with Gasteiger partial charge in [-0.15, -0.1) is 0 Å². The van der Waals surface area contributed by atoms with Gasteiger partial charge in [-0.25, -0.2) is 4.39 Å². The highest BCUT2D eigenvalue weighted by atomic mass is 19.1. The van der Waals surface area contributed by atoms with Crippen molar-refractivity contribution in [1.82, 2.24) is 10.2 Å². The van der Waals surface area contributed by atoms with Crippen molar-refractivity contribution in [3.63, 3.8) is 0 Å². The van der Waals surface area contributed by atoms with Gasteiger partial charge >= 0.3 is 0 Å². The van der Waals surface area contributed by atoms with Crippen LogP contribution >= 0.6 is 0 Å². The van der Waals surface area contributed by atoms with Gasteiger partial charge in [0.15, 0.2) is 0 Å². The third-order valence-corrected chi connectivity index (χ3v) is 3.97. The largest absolute Gasteiger partial charge is 0.326 e. The van der Waals surface area contributed by atoms with Gasteiger partial charge in [-0.1, -0.05) is 13.0 Å². The van der Waals surface area contributed by atoms with Gasteiger partial charge in [-0.2, -0.15) is 0 Å². The van der Waals surface area contributed by atoms with Gasteiger partial charge in [0.05, 0.1) is 0 Å². The molecule has 1 aliphatic heterocycles. The van der Waals surface area contributed by atoms with Gasteiger partial charge in [0, 0.05) is 24.7 Å². The molecule has 1 aromatic rings. The summed E-state index contributed by atoms with van der Waals surface area (Å²) in [5.41, 5.74) is 0.518. The molecule has 0 unspecified atom stereocenters. The van der Waals surface area contributed by atoms with Crippen LogP contribution in [0.4, 0.5) is 10.1 Å². The molecule has 1 saturated heterocycles. The van der Waals surface area contributed by atoms with Gasteiger partial charge in [0.2, 0.25) is 5.91 Å². The maximum Gasteiger partial charge on any atom is 0.225 e. The first-order valence-electron chi connectivity index (χ1n) is 7.69. The topological polar surface area (TPSA) is 44.4 Å². The molecule has 0 aliphatic carbocycles. The van der Waals surface area contributed by atoms with Crippen molar-refractivity contribution in [2.75, 3.05) is 31.5 Å². The zero-order valence-corrected chi connectivity index (χ0v) is 12.6. The summed E-state index contributed by atoms with van der Waals surface area (Å²) in [5, 5.41) is 6.10. The molecule has 0 radical (unpaired) electrons. The Bertz CT molecular complexity index is 461. The molecule has 0 saturated carbocycles. The lowest BCUT2D eigenvalue weighted by atomic mass is 10.0. The molecule has 1 amide bonds. The number of anilines is 1. The van der Waals surface area contributed by atoms with Crippen molar-refractivity contribution in [2.45, 2.75) is 32.2 Å². The maximum atomic E-state index is 13.1. The monoisotopic (exact) mass is 293 g/mol. The Morgan fingerprint density at radius 1 is 1.43 bits per heavy atom. The van der Waals surface area contributed by atoms with E-state index in [1.165, 1.54) is 12.1 Å². The number of benzene rings is 1. The van der Waals surface area contributed by atoms with Crippen LogP contribution < -0.4 is 10.6 Å². The molecule has 0 bridgehead atoms. The molecule has 116 valence electrons. The van der Waals surface area contributed by atoms with Crippen molar-refractivity contribution in [3.05, 3.63) is 30.1 Å². The van der Waals surface area contributed by atoms with Crippen molar-refractivity contribution in [2.24, 2.45) is 0 Å². The Hall–Kier alpha value is -1.46. The second kappa shape index (κ2) is 8.10. The van der Waals surface area contributed by atoms with E-state index in [1.54, 1.807) is 12.1 Å². The standard InChI is InChI=1S/C16H24FN3O/c1-2-20(15-6-9-18-10-7-15)11-8-16(21)19-14-5-3-4-13(17)12-14/h3-5,12,15,18H,2,6-11H2,1H3,(H,19,21). The molecule has 1 aromatic carbocycles. The summed E-state index contributed by atoms with van der Waals surface area (Å²) >= 11 is 0. The van der Waals surface area contributed by atoms with Gasteiger partial charge < -0.3 is 15.5 Å². The lowest BCUT2D eigenvalue weighted by molar-refractivity contribution is -0.116. The molecule has 5 heteroatoms. The Morgan fingerprint density at radius 3 is 2.86 bits per heavy atom. The molecule has 1 heterocycles. The Kier molecular flexibility index (Phi) is 6.14. The summed E-state index contributed by atoms with van der Waals surface area (Å²) < 4.78 is 13.1. The summed E-state index contributed by atoms with van der Waals surface area (Å²) in [6, 6.07) is 6.57. The molecule has 0 atom stereocenters. The number of hydrogen-bond donors (Lipinski definition) is 2. The van der Waals surface area contributed by atoms with Crippen LogP contribution in [0.2, 0.25) is 0 Å². The number of hydrogen-bond acceptors (Lipinski definition) is 3. The molecule has 0 spiro atoms. The second-order valence-corrected chi connectivity index (χ2v) is 5.42. The normalized spacial score (nSPS) is 16.1. The van der Waals surface area contributed by atoms with E-state index in [0.29, 0.717) is 18.2 Å². The van der Waals surface area contributed by atoms with Gasteiger partial charge in [-0.3, -0.25) is 4.79 Å². The van der Waals surface area contributed by atoms with Gasteiger partial charge in [-0.05, 0) is 50.7 Å². The number of carbonyl (C=O) groups excluding carboxylic acids is 1. The predicted molar refractivity (Wildman–Crippen MR) is 82.8 cm³/mol. The fourth-order valence-corrected chi connectivity index (χ4v) is 2.81. The van der Waals surface area contributed by atoms with Crippen LogP contribution in [-0.4, -0.2) is 43.0 Å². The van der Waals surface area contributed by atoms with E-state index >= 15 is 0 Å². The smallest absolute Gasteiger partial charge is 0.225 e. The van der Waals surface area contributed by atoms with Crippen molar-refractivity contribution in [1.29, 1.82) is 0 Å². The Labute approximate surface area is 125 Å². The zero-order valence-electron chi connectivity index (χ0n) is 12.6. The fourth-order valence-electron chi connectivity index (χ4n) is 2.81. The summed E-state index contributed by atoms with van der Waals surface area (Å²) in [7, 11) is 0. The lowest BCUT2D eigenvalue weighted by Crippen LogP contribution is -2.44. The highest BCUT2D eigenvalue weighted by Crippen LogP contribution is 2.13. The van der Waals surface area contributed by atoms with Crippen LogP contribution in [0.5, 0.6) is 0 Å². The zero-order chi connectivity index (χ0) is 15.1. The summed E-state index contributed by atoms with van der Waals surface area (Å²) in [6.07, 6.45) is 2.72. The van der Waals surface area contributed by atoms with E-state index in [-0.39, 0.29) is 11.7 Å². The molecule has 2 rings (SSSR count). The first-order valence-corrected chi connectivity index (χ1v) is 7.69. The highest BCUT2D eigenvalue weighted by Gasteiger charge is 2.20. The minimum Gasteiger partial charge on any atom is -0.326 e. The molecule has 0 aromatic heterocycles. The number of nitrogens with one attached hydrogen (secondary N) is 2. The predicted octanol–water partition coefficient (Wildman–Crippen LogP) is 2.23. The minimum absolute atomic E-state index is 0.0621. The van der Waals surface area contributed by atoms with Crippen LogP contribution in [0, 0.1) is 5.82 Å². The molecule has 1 fully saturated rings. The average molecular weight is 293 g/mol. The van der Waals surface area contributed by atoms with Gasteiger partial charge in [0.1, 0.15) is 5.82 Å². The third-order valence-electron chi connectivity index (χ3n) is 3.97. The van der Waals surface area contributed by atoms with E-state index in [9.17, 15) is 9.18 Å². The summed E-state index contributed by atoms with van der Waals surface area (Å²) in [4.78, 5) is 14.3. The quantitative estimate of drug-likeness (QED) is 0.845. The first kappa shape index (κ1) is 15.9. The fraction of sp³-hybridized carbons (Fsp3) is 0.562. The summed E-state index contributed by atoms with van der Waals surface area (Å²) in [6.45, 7) is 5.94. The molecule has 1 aliphatic rings. The molecule has 2 N–H and O–H groups in total. The van der Waals surface area contributed by atoms with Crippen molar-refractivity contribution in [3.8, 4) is 0 Å². The van der Waals surface area contributed by atoms with Crippen molar-refractivity contribution >= 4 is 11.6 Å². The molecule has 21 heavy (non-hydrogen) atoms. The summed E-state index contributed by atoms with van der Waals surface area (Å²) in [5.74, 6) is -0.398. The van der Waals surface area contributed by atoms with Crippen LogP contribution in [0.25, 0.3) is 0 Å². The lowest BCUT2D eigenvalue weighted by Gasteiger charge is -2.33. The first-order chi connectivity index (χ1) is 10.2. The number of amides is 1. The Morgan fingerprint density at radius 2 is 2.19 bits per heavy atom. The molecule has 4 nitrogen and oxygen atoms in total. The van der Waals surface area contributed by atoms with E-state index in [1.807, 2.05) is 0 Å². The highest BCUT2D eigenvalue weighted by molar-refractivity contribution is 5.90. The SMILES string of the molecule is CCN(CCC(=O)Nc1cccc(F)c1)C1CCNCC1. The van der Waals surface area contributed by atoms with Crippen LogP contribution in [0.3, 0.4) is 0 Å². The van der Waals surface area contributed by atoms with Crippen LogP contribution in [-0.2, 0) is 4.79 Å². The minimum atomic E-state index is -0.335. The number of nitrogens with zero attached hydrogens (tertiary/aromatic N) is 1. The second-order valence-electron chi connectivity index (χ2n) is 5.42. The van der Waals surface area contributed by atoms with E-state index in [2.05, 4.69) is 22.5 Å². The average Bonchev–Trinajstić information content (AvgIpc) is 2.49. The van der Waals surface area contributed by atoms with Crippen LogP contribution in [0.15, 0.2) is 24.3 Å². The molecular formula is C16H24FN3O. The Balaban J connectivity index is 1.79. The maximum absolute atomic E-state index is 13.1. The number of rotatable bonds is 6. The van der Waals surface area contributed by atoms with E-state index < -0.39 is 0 Å². The van der Waals surface area contributed by atoms with Crippen molar-refractivity contribution < 1.29 is 9.18 Å². The van der Waals surface area contributed by atoms with E-state index in [4.69, 9.17) is 0 Å². The number of carbonyl (C=O) groups is 1. The molecular weight excluding hydrogens is 269 g/mol. The van der Waals surface area contributed by atoms with Gasteiger partial charge in [0.25, 0.3) is 0 Å². The third kappa shape index (κ3) is 5.10. The van der Waals surface area contributed by atoms with Crippen LogP contribution in [0.1, 0.15) is 26.2 Å². The number of halogens is 1. The van der Waals surface area contributed by atoms with E-state index in [0.717, 1.165) is 39.0 Å². The number of piperidine rings is 1.